The van der Waals surface area contributed by atoms with Crippen molar-refractivity contribution in [3.8, 4) is 6.07 Å². The number of aromatic nitrogens is 2. The molecule has 0 atom stereocenters. The van der Waals surface area contributed by atoms with Gasteiger partial charge in [0.25, 0.3) is 0 Å². The van der Waals surface area contributed by atoms with Crippen molar-refractivity contribution in [2.75, 3.05) is 26.2 Å². The van der Waals surface area contributed by atoms with Crippen LogP contribution in [0.5, 0.6) is 0 Å². The van der Waals surface area contributed by atoms with Gasteiger partial charge in [-0.3, -0.25) is 4.90 Å². The van der Waals surface area contributed by atoms with Gasteiger partial charge in [-0.15, -0.1) is 0 Å². The molecular weight excluding hydrogens is 419 g/mol. The summed E-state index contributed by atoms with van der Waals surface area (Å²) in [4.78, 5) is 5.43. The summed E-state index contributed by atoms with van der Waals surface area (Å²) < 4.78 is 67.1. The van der Waals surface area contributed by atoms with E-state index in [1.54, 1.807) is 4.57 Å². The van der Waals surface area contributed by atoms with E-state index in [1.807, 2.05) is 19.3 Å². The van der Waals surface area contributed by atoms with Gasteiger partial charge in [0.1, 0.15) is 22.4 Å². The van der Waals surface area contributed by atoms with Crippen molar-refractivity contribution in [2.24, 2.45) is 12.5 Å². The number of hydrogen-bond acceptors (Lipinski definition) is 5. The first-order chi connectivity index (χ1) is 13.9. The van der Waals surface area contributed by atoms with Crippen LogP contribution in [0.2, 0.25) is 0 Å². The van der Waals surface area contributed by atoms with E-state index in [0.717, 1.165) is 24.7 Å². The molecule has 2 aliphatic heterocycles. The number of pyridine rings is 1. The summed E-state index contributed by atoms with van der Waals surface area (Å²) in [6.45, 7) is 4.11. The molecule has 11 heteroatoms. The highest BCUT2D eigenvalue weighted by Gasteiger charge is 2.55. The van der Waals surface area contributed by atoms with E-state index in [0.29, 0.717) is 31.4 Å². The Labute approximate surface area is 172 Å². The van der Waals surface area contributed by atoms with Gasteiger partial charge in [0.05, 0.1) is 5.69 Å². The Morgan fingerprint density at radius 2 is 1.90 bits per heavy atom. The molecule has 2 aromatic heterocycles. The largest absolute Gasteiger partial charge is 0.433 e. The molecule has 0 bridgehead atoms. The Bertz CT molecular complexity index is 1140. The summed E-state index contributed by atoms with van der Waals surface area (Å²) in [5.74, 6) is 0. The highest BCUT2D eigenvalue weighted by Crippen LogP contribution is 2.43. The molecule has 2 aromatic rings. The zero-order valence-electron chi connectivity index (χ0n) is 16.4. The van der Waals surface area contributed by atoms with Crippen LogP contribution >= 0.6 is 0 Å². The summed E-state index contributed by atoms with van der Waals surface area (Å²) in [5, 5.41) is 9.03. The summed E-state index contributed by atoms with van der Waals surface area (Å²) in [6, 6.07) is 5.65. The molecule has 0 N–H and O–H groups in total. The molecule has 0 saturated carbocycles. The zero-order valence-corrected chi connectivity index (χ0v) is 17.3. The van der Waals surface area contributed by atoms with Crippen LogP contribution in [0.25, 0.3) is 0 Å². The fourth-order valence-corrected chi connectivity index (χ4v) is 6.12. The van der Waals surface area contributed by atoms with Gasteiger partial charge < -0.3 is 4.57 Å². The van der Waals surface area contributed by atoms with Crippen molar-refractivity contribution in [1.29, 1.82) is 5.26 Å². The fraction of sp³-hybridized carbons (Fsp3) is 0.474. The van der Waals surface area contributed by atoms with Crippen molar-refractivity contribution in [1.82, 2.24) is 18.8 Å². The minimum atomic E-state index is -4.62. The van der Waals surface area contributed by atoms with Gasteiger partial charge in [0, 0.05) is 51.4 Å². The molecule has 2 aliphatic rings. The lowest BCUT2D eigenvalue weighted by atomic mass is 9.74. The molecule has 160 valence electrons. The second-order valence-electron chi connectivity index (χ2n) is 8.15. The summed E-state index contributed by atoms with van der Waals surface area (Å²) >= 11 is 0. The number of hydrogen-bond donors (Lipinski definition) is 0. The third kappa shape index (κ3) is 3.49. The minimum Gasteiger partial charge on any atom is -0.342 e. The van der Waals surface area contributed by atoms with Crippen LogP contribution in [0.15, 0.2) is 29.3 Å². The molecule has 2 saturated heterocycles. The molecule has 2 fully saturated rings. The molecule has 7 nitrogen and oxygen atoms in total. The number of sulfonamides is 1. The van der Waals surface area contributed by atoms with Gasteiger partial charge in [-0.1, -0.05) is 0 Å². The number of halogens is 3. The Morgan fingerprint density at radius 3 is 2.43 bits per heavy atom. The third-order valence-electron chi connectivity index (χ3n) is 5.67. The van der Waals surface area contributed by atoms with E-state index in [4.69, 9.17) is 5.26 Å². The topological polar surface area (TPSA) is 82.2 Å². The third-order valence-corrected chi connectivity index (χ3v) is 7.59. The van der Waals surface area contributed by atoms with E-state index in [-0.39, 0.29) is 16.0 Å². The summed E-state index contributed by atoms with van der Waals surface area (Å²) in [6.07, 6.45) is -2.71. The molecule has 0 radical (unpaired) electrons. The van der Waals surface area contributed by atoms with E-state index >= 15 is 0 Å². The molecule has 4 rings (SSSR count). The first kappa shape index (κ1) is 20.8. The van der Waals surface area contributed by atoms with Crippen LogP contribution in [0.3, 0.4) is 0 Å². The minimum absolute atomic E-state index is 0.118. The Kier molecular flexibility index (Phi) is 4.72. The smallest absolute Gasteiger partial charge is 0.342 e. The number of nitriles is 1. The number of likely N-dealkylation sites (tertiary alicyclic amines) is 1. The van der Waals surface area contributed by atoms with Crippen LogP contribution in [0, 0.1) is 23.7 Å². The molecule has 0 aliphatic carbocycles. The number of aryl methyl sites for hydroxylation is 2. The van der Waals surface area contributed by atoms with Crippen LogP contribution in [-0.2, 0) is 29.8 Å². The van der Waals surface area contributed by atoms with E-state index in [2.05, 4.69) is 16.0 Å². The lowest BCUT2D eigenvalue weighted by Crippen LogP contribution is -2.72. The number of nitrogens with zero attached hydrogens (tertiary/aromatic N) is 5. The maximum atomic E-state index is 12.8. The van der Waals surface area contributed by atoms with E-state index in [1.165, 1.54) is 11.2 Å². The van der Waals surface area contributed by atoms with Crippen molar-refractivity contribution in [2.45, 2.75) is 24.5 Å². The Morgan fingerprint density at radius 1 is 1.23 bits per heavy atom. The SMILES string of the molecule is Cc1nc(C(F)(F)F)ccc1S(=O)(=O)N1CC2(CN(Cc3cc(C#N)n(C)c3)C2)C1. The quantitative estimate of drug-likeness (QED) is 0.729. The average molecular weight is 439 g/mol. The van der Waals surface area contributed by atoms with Crippen LogP contribution < -0.4 is 0 Å². The van der Waals surface area contributed by atoms with Crippen LogP contribution in [-0.4, -0.2) is 53.4 Å². The second-order valence-corrected chi connectivity index (χ2v) is 10.1. The first-order valence-corrected chi connectivity index (χ1v) is 10.7. The standard InChI is InChI=1S/C19H20F3N5O2S/c1-13-16(3-4-17(24-13)19(20,21)22)30(28,29)27-11-18(12-27)9-26(10-18)8-14-5-15(6-23)25(2)7-14/h3-5,7H,8-12H2,1-2H3. The number of alkyl halides is 3. The lowest BCUT2D eigenvalue weighted by molar-refractivity contribution is -0.141. The molecular formula is C19H20F3N5O2S. The highest BCUT2D eigenvalue weighted by atomic mass is 32.2. The monoisotopic (exact) mass is 439 g/mol. The molecule has 0 amide bonds. The average Bonchev–Trinajstić information content (AvgIpc) is 2.94. The molecule has 0 aromatic carbocycles. The second kappa shape index (κ2) is 6.80. The highest BCUT2D eigenvalue weighted by molar-refractivity contribution is 7.89. The maximum absolute atomic E-state index is 12.8. The molecule has 1 spiro atoms. The van der Waals surface area contributed by atoms with Crippen molar-refractivity contribution >= 4 is 10.0 Å². The molecule has 30 heavy (non-hydrogen) atoms. The van der Waals surface area contributed by atoms with Crippen molar-refractivity contribution < 1.29 is 21.6 Å². The van der Waals surface area contributed by atoms with E-state index < -0.39 is 21.9 Å². The van der Waals surface area contributed by atoms with Crippen molar-refractivity contribution in [3.05, 3.63) is 47.0 Å². The van der Waals surface area contributed by atoms with Gasteiger partial charge in [0.2, 0.25) is 10.0 Å². The zero-order chi connectivity index (χ0) is 21.9. The Balaban J connectivity index is 1.38. The normalized spacial score (nSPS) is 19.3. The number of rotatable bonds is 4. The van der Waals surface area contributed by atoms with Crippen LogP contribution in [0.1, 0.15) is 22.6 Å². The van der Waals surface area contributed by atoms with Gasteiger partial charge in [0.15, 0.2) is 0 Å². The summed E-state index contributed by atoms with van der Waals surface area (Å²) in [5.41, 5.74) is 0.237. The summed E-state index contributed by atoms with van der Waals surface area (Å²) in [7, 11) is -2.07. The van der Waals surface area contributed by atoms with Gasteiger partial charge in [-0.05, 0) is 30.7 Å². The van der Waals surface area contributed by atoms with Crippen molar-refractivity contribution in [3.63, 3.8) is 0 Å². The van der Waals surface area contributed by atoms with Gasteiger partial charge >= 0.3 is 6.18 Å². The predicted octanol–water partition coefficient (Wildman–Crippen LogP) is 2.13. The fourth-order valence-electron chi connectivity index (χ4n) is 4.29. The van der Waals surface area contributed by atoms with Crippen LogP contribution in [0.4, 0.5) is 13.2 Å². The van der Waals surface area contributed by atoms with Gasteiger partial charge in [-0.25, -0.2) is 13.4 Å². The van der Waals surface area contributed by atoms with Gasteiger partial charge in [-0.2, -0.15) is 22.7 Å². The predicted molar refractivity (Wildman–Crippen MR) is 101 cm³/mol. The molecule has 0 unspecified atom stereocenters. The lowest BCUT2D eigenvalue weighted by Gasteiger charge is -2.59. The maximum Gasteiger partial charge on any atom is 0.433 e. The molecule has 4 heterocycles. The first-order valence-electron chi connectivity index (χ1n) is 9.26. The Hall–Kier alpha value is -2.42. The van der Waals surface area contributed by atoms with E-state index in [9.17, 15) is 21.6 Å².